The molecule has 140 valence electrons. The summed E-state index contributed by atoms with van der Waals surface area (Å²) in [6, 6.07) is 6.00. The van der Waals surface area contributed by atoms with Crippen molar-refractivity contribution in [3.05, 3.63) is 29.8 Å². The molecule has 1 saturated heterocycles. The van der Waals surface area contributed by atoms with Crippen molar-refractivity contribution >= 4 is 5.91 Å². The quantitative estimate of drug-likeness (QED) is 0.787. The largest absolute Gasteiger partial charge is 0.573 e. The molecule has 2 rings (SSSR count). The van der Waals surface area contributed by atoms with Crippen LogP contribution in [0.1, 0.15) is 31.7 Å². The number of rotatable bonds is 7. The van der Waals surface area contributed by atoms with E-state index in [-0.39, 0.29) is 18.2 Å². The highest BCUT2D eigenvalue weighted by Gasteiger charge is 2.31. The van der Waals surface area contributed by atoms with Gasteiger partial charge in [-0.1, -0.05) is 25.1 Å². The fourth-order valence-electron chi connectivity index (χ4n) is 3.22. The van der Waals surface area contributed by atoms with Crippen molar-refractivity contribution in [2.24, 2.45) is 11.8 Å². The second-order valence-electron chi connectivity index (χ2n) is 6.52. The zero-order valence-electron chi connectivity index (χ0n) is 14.4. The molecule has 0 radical (unpaired) electrons. The molecule has 0 bridgehead atoms. The molecule has 7 heteroatoms. The van der Waals surface area contributed by atoms with Gasteiger partial charge >= 0.3 is 6.36 Å². The first kappa shape index (κ1) is 19.6. The minimum absolute atomic E-state index is 0.0553. The second kappa shape index (κ2) is 9.08. The molecule has 1 unspecified atom stereocenters. The SMILES string of the molecule is CC(CC(=O)NCCc1ccccc1OC(F)(F)F)C1CCNCC1. The van der Waals surface area contributed by atoms with Gasteiger partial charge in [0.1, 0.15) is 5.75 Å². The van der Waals surface area contributed by atoms with E-state index < -0.39 is 6.36 Å². The van der Waals surface area contributed by atoms with E-state index in [1.807, 2.05) is 0 Å². The maximum absolute atomic E-state index is 12.4. The lowest BCUT2D eigenvalue weighted by Gasteiger charge is -2.27. The molecule has 1 amide bonds. The number of alkyl halides is 3. The van der Waals surface area contributed by atoms with Gasteiger partial charge in [0, 0.05) is 13.0 Å². The Bertz CT molecular complexity index is 557. The van der Waals surface area contributed by atoms with Crippen LogP contribution in [0.2, 0.25) is 0 Å². The molecule has 4 nitrogen and oxygen atoms in total. The molecule has 1 aliphatic rings. The smallest absolute Gasteiger partial charge is 0.406 e. The standard InChI is InChI=1S/C18H25F3N2O2/c1-13(14-6-9-22-10-7-14)12-17(24)23-11-8-15-4-2-3-5-16(15)25-18(19,20)21/h2-5,13-14,22H,6-12H2,1H3,(H,23,24). The minimum Gasteiger partial charge on any atom is -0.406 e. The molecule has 0 spiro atoms. The van der Waals surface area contributed by atoms with Crippen LogP contribution in [0.25, 0.3) is 0 Å². The Morgan fingerprint density at radius 3 is 2.68 bits per heavy atom. The van der Waals surface area contributed by atoms with Gasteiger partial charge in [-0.15, -0.1) is 13.2 Å². The molecule has 0 saturated carbocycles. The van der Waals surface area contributed by atoms with Gasteiger partial charge < -0.3 is 15.4 Å². The summed E-state index contributed by atoms with van der Waals surface area (Å²) in [6.45, 7) is 4.36. The summed E-state index contributed by atoms with van der Waals surface area (Å²) < 4.78 is 41.2. The predicted octanol–water partition coefficient (Wildman–Crippen LogP) is 3.27. The van der Waals surface area contributed by atoms with Crippen LogP contribution < -0.4 is 15.4 Å². The summed E-state index contributed by atoms with van der Waals surface area (Å²) >= 11 is 0. The fraction of sp³-hybridized carbons (Fsp3) is 0.611. The number of carbonyl (C=O) groups excluding carboxylic acids is 1. The van der Waals surface area contributed by atoms with Crippen LogP contribution in [0, 0.1) is 11.8 Å². The number of benzene rings is 1. The monoisotopic (exact) mass is 358 g/mol. The number of hydrogen-bond acceptors (Lipinski definition) is 3. The minimum atomic E-state index is -4.72. The molecule has 1 aromatic carbocycles. The number of piperidine rings is 1. The van der Waals surface area contributed by atoms with Gasteiger partial charge in [0.2, 0.25) is 5.91 Å². The van der Waals surface area contributed by atoms with Gasteiger partial charge in [0.25, 0.3) is 0 Å². The third-order valence-electron chi connectivity index (χ3n) is 4.61. The second-order valence-corrected chi connectivity index (χ2v) is 6.52. The highest BCUT2D eigenvalue weighted by atomic mass is 19.4. The van der Waals surface area contributed by atoms with Crippen LogP contribution >= 0.6 is 0 Å². The lowest BCUT2D eigenvalue weighted by Crippen LogP contribution is -2.34. The van der Waals surface area contributed by atoms with Gasteiger partial charge in [-0.05, 0) is 55.8 Å². The summed E-state index contributed by atoms with van der Waals surface area (Å²) in [5.74, 6) is 0.587. The van der Waals surface area contributed by atoms with Gasteiger partial charge in [0.05, 0.1) is 0 Å². The highest BCUT2D eigenvalue weighted by Crippen LogP contribution is 2.26. The summed E-state index contributed by atoms with van der Waals surface area (Å²) in [5.41, 5.74) is 0.423. The highest BCUT2D eigenvalue weighted by molar-refractivity contribution is 5.76. The van der Waals surface area contributed by atoms with E-state index >= 15 is 0 Å². The maximum Gasteiger partial charge on any atom is 0.573 e. The maximum atomic E-state index is 12.4. The topological polar surface area (TPSA) is 50.4 Å². The van der Waals surface area contributed by atoms with E-state index in [1.165, 1.54) is 12.1 Å². The van der Waals surface area contributed by atoms with Crippen molar-refractivity contribution in [1.29, 1.82) is 0 Å². The van der Waals surface area contributed by atoms with Crippen molar-refractivity contribution in [2.45, 2.75) is 39.0 Å². The number of nitrogens with one attached hydrogen (secondary N) is 2. The summed E-state index contributed by atoms with van der Waals surface area (Å²) in [4.78, 5) is 12.1. The molecule has 1 heterocycles. The van der Waals surface area contributed by atoms with E-state index in [2.05, 4.69) is 22.3 Å². The summed E-state index contributed by atoms with van der Waals surface area (Å²) in [5, 5.41) is 6.10. The Morgan fingerprint density at radius 2 is 2.00 bits per heavy atom. The normalized spacial score (nSPS) is 17.1. The molecule has 25 heavy (non-hydrogen) atoms. The lowest BCUT2D eigenvalue weighted by atomic mass is 9.84. The van der Waals surface area contributed by atoms with Crippen LogP contribution in [-0.4, -0.2) is 31.9 Å². The van der Waals surface area contributed by atoms with Crippen LogP contribution in [0.3, 0.4) is 0 Å². The zero-order chi connectivity index (χ0) is 18.3. The molecule has 1 atom stereocenters. The first-order chi connectivity index (χ1) is 11.8. The first-order valence-electron chi connectivity index (χ1n) is 8.66. The Morgan fingerprint density at radius 1 is 1.32 bits per heavy atom. The summed E-state index contributed by atoms with van der Waals surface area (Å²) in [6.07, 6.45) is -1.82. The Labute approximate surface area is 146 Å². The number of para-hydroxylation sites is 1. The average Bonchev–Trinajstić information content (AvgIpc) is 2.56. The van der Waals surface area contributed by atoms with Crippen LogP contribution in [-0.2, 0) is 11.2 Å². The molecule has 1 fully saturated rings. The van der Waals surface area contributed by atoms with Crippen LogP contribution in [0.15, 0.2) is 24.3 Å². The number of halogens is 3. The molecule has 0 aliphatic carbocycles. The van der Waals surface area contributed by atoms with Crippen LogP contribution in [0.4, 0.5) is 13.2 Å². The van der Waals surface area contributed by atoms with Crippen LogP contribution in [0.5, 0.6) is 5.75 Å². The molecule has 0 aromatic heterocycles. The van der Waals surface area contributed by atoms with Gasteiger partial charge in [-0.3, -0.25) is 4.79 Å². The third kappa shape index (κ3) is 6.94. The van der Waals surface area contributed by atoms with Crippen molar-refractivity contribution in [1.82, 2.24) is 10.6 Å². The first-order valence-corrected chi connectivity index (χ1v) is 8.66. The average molecular weight is 358 g/mol. The van der Waals surface area contributed by atoms with Crippen molar-refractivity contribution in [3.8, 4) is 5.75 Å². The van der Waals surface area contributed by atoms with E-state index in [0.717, 1.165) is 25.9 Å². The molecule has 2 N–H and O–H groups in total. The Hall–Kier alpha value is -1.76. The number of amides is 1. The zero-order valence-corrected chi connectivity index (χ0v) is 14.4. The molecule has 1 aliphatic heterocycles. The van der Waals surface area contributed by atoms with Crippen molar-refractivity contribution < 1.29 is 22.7 Å². The number of ether oxygens (including phenoxy) is 1. The number of hydrogen-bond donors (Lipinski definition) is 2. The lowest BCUT2D eigenvalue weighted by molar-refractivity contribution is -0.274. The van der Waals surface area contributed by atoms with Gasteiger partial charge in [-0.25, -0.2) is 0 Å². The van der Waals surface area contributed by atoms with E-state index in [9.17, 15) is 18.0 Å². The van der Waals surface area contributed by atoms with E-state index in [1.54, 1.807) is 12.1 Å². The third-order valence-corrected chi connectivity index (χ3v) is 4.61. The predicted molar refractivity (Wildman–Crippen MR) is 89.2 cm³/mol. The van der Waals surface area contributed by atoms with Crippen molar-refractivity contribution in [2.75, 3.05) is 19.6 Å². The molecular weight excluding hydrogens is 333 g/mol. The molecule has 1 aromatic rings. The van der Waals surface area contributed by atoms with E-state index in [4.69, 9.17) is 0 Å². The Balaban J connectivity index is 1.77. The fourth-order valence-corrected chi connectivity index (χ4v) is 3.22. The number of carbonyl (C=O) groups is 1. The molecular formula is C18H25F3N2O2. The summed E-state index contributed by atoms with van der Waals surface area (Å²) in [7, 11) is 0. The van der Waals surface area contributed by atoms with Gasteiger partial charge in [-0.2, -0.15) is 0 Å². The Kier molecular flexibility index (Phi) is 7.11. The van der Waals surface area contributed by atoms with Gasteiger partial charge in [0.15, 0.2) is 0 Å². The van der Waals surface area contributed by atoms with E-state index in [0.29, 0.717) is 30.2 Å². The van der Waals surface area contributed by atoms with Crippen molar-refractivity contribution in [3.63, 3.8) is 0 Å².